The molecule has 118 valence electrons. The zero-order valence-electron chi connectivity index (χ0n) is 12.6. The molecule has 1 atom stereocenters. The van der Waals surface area contributed by atoms with E-state index in [2.05, 4.69) is 4.98 Å². The maximum Gasteiger partial charge on any atom is 0.326 e. The first-order valence-electron chi connectivity index (χ1n) is 7.21. The molecule has 1 aromatic heterocycles. The first kappa shape index (κ1) is 15.0. The molecular weight excluding hydrogens is 296 g/mol. The Bertz CT molecular complexity index is 760. The van der Waals surface area contributed by atoms with Crippen LogP contribution in [-0.2, 0) is 17.8 Å². The minimum atomic E-state index is -1.02. The molecule has 2 aromatic rings. The molecule has 1 amide bonds. The highest BCUT2D eigenvalue weighted by Crippen LogP contribution is 2.27. The number of nitrogens with zero attached hydrogens (tertiary/aromatic N) is 2. The number of benzene rings is 1. The van der Waals surface area contributed by atoms with E-state index >= 15 is 0 Å². The summed E-state index contributed by atoms with van der Waals surface area (Å²) in [5.74, 6) is -1.21. The van der Waals surface area contributed by atoms with Crippen molar-refractivity contribution in [1.82, 2.24) is 9.88 Å². The molecule has 23 heavy (non-hydrogen) atoms. The molecule has 1 unspecified atom stereocenters. The standard InChI is InChI=1S/C17H16N2O4/c1-23-15-13(7-4-8-18-15)16(20)19-10-12-6-3-2-5-11(12)9-14(19)17(21)22/h2-8,14H,9-10H2,1H3,(H,21,22). The lowest BCUT2D eigenvalue weighted by molar-refractivity contribution is -0.142. The first-order valence-corrected chi connectivity index (χ1v) is 7.21. The zero-order valence-corrected chi connectivity index (χ0v) is 12.6. The summed E-state index contributed by atoms with van der Waals surface area (Å²) in [6.07, 6.45) is 1.82. The molecular formula is C17H16N2O4. The lowest BCUT2D eigenvalue weighted by Gasteiger charge is -2.34. The second kappa shape index (κ2) is 6.08. The number of carboxylic acid groups (broad SMARTS) is 1. The van der Waals surface area contributed by atoms with Gasteiger partial charge in [0, 0.05) is 19.2 Å². The van der Waals surface area contributed by atoms with Crippen molar-refractivity contribution < 1.29 is 19.4 Å². The Morgan fingerprint density at radius 1 is 1.22 bits per heavy atom. The van der Waals surface area contributed by atoms with Gasteiger partial charge in [-0.2, -0.15) is 0 Å². The van der Waals surface area contributed by atoms with Gasteiger partial charge in [-0.3, -0.25) is 4.79 Å². The van der Waals surface area contributed by atoms with Crippen molar-refractivity contribution >= 4 is 11.9 Å². The Balaban J connectivity index is 1.99. The summed E-state index contributed by atoms with van der Waals surface area (Å²) in [7, 11) is 1.43. The molecule has 0 saturated heterocycles. The summed E-state index contributed by atoms with van der Waals surface area (Å²) in [4.78, 5) is 29.8. The van der Waals surface area contributed by atoms with E-state index in [4.69, 9.17) is 4.74 Å². The predicted molar refractivity (Wildman–Crippen MR) is 82.2 cm³/mol. The molecule has 0 spiro atoms. The molecule has 6 nitrogen and oxygen atoms in total. The van der Waals surface area contributed by atoms with Gasteiger partial charge >= 0.3 is 5.97 Å². The highest BCUT2D eigenvalue weighted by molar-refractivity contribution is 5.98. The summed E-state index contributed by atoms with van der Waals surface area (Å²) in [6, 6.07) is 9.89. The number of carbonyl (C=O) groups excluding carboxylic acids is 1. The van der Waals surface area contributed by atoms with Gasteiger partial charge in [0.1, 0.15) is 11.6 Å². The summed E-state index contributed by atoms with van der Waals surface area (Å²) in [5.41, 5.74) is 2.18. The van der Waals surface area contributed by atoms with Gasteiger partial charge in [-0.1, -0.05) is 24.3 Å². The molecule has 0 bridgehead atoms. The highest BCUT2D eigenvalue weighted by atomic mass is 16.5. The van der Waals surface area contributed by atoms with E-state index < -0.39 is 17.9 Å². The van der Waals surface area contributed by atoms with Crippen LogP contribution in [0.25, 0.3) is 0 Å². The number of aromatic nitrogens is 1. The van der Waals surface area contributed by atoms with Crippen LogP contribution in [0.4, 0.5) is 0 Å². The number of carboxylic acids is 1. The van der Waals surface area contributed by atoms with Crippen LogP contribution in [0.15, 0.2) is 42.6 Å². The predicted octanol–water partition coefficient (Wildman–Crippen LogP) is 1.74. The SMILES string of the molecule is COc1ncccc1C(=O)N1Cc2ccccc2CC1C(=O)O. The maximum absolute atomic E-state index is 12.8. The average Bonchev–Trinajstić information content (AvgIpc) is 2.59. The fourth-order valence-corrected chi connectivity index (χ4v) is 2.83. The second-order valence-corrected chi connectivity index (χ2v) is 5.32. The van der Waals surface area contributed by atoms with E-state index in [1.807, 2.05) is 24.3 Å². The second-order valence-electron chi connectivity index (χ2n) is 5.32. The summed E-state index contributed by atoms with van der Waals surface area (Å²) in [5, 5.41) is 9.52. The molecule has 1 aliphatic rings. The van der Waals surface area contributed by atoms with Crippen LogP contribution in [-0.4, -0.2) is 40.0 Å². The Labute approximate surface area is 133 Å². The largest absolute Gasteiger partial charge is 0.480 e. The fraction of sp³-hybridized carbons (Fsp3) is 0.235. The molecule has 0 saturated carbocycles. The third-order valence-electron chi connectivity index (χ3n) is 3.99. The van der Waals surface area contributed by atoms with E-state index in [-0.39, 0.29) is 18.0 Å². The average molecular weight is 312 g/mol. The Morgan fingerprint density at radius 2 is 1.96 bits per heavy atom. The topological polar surface area (TPSA) is 79.7 Å². The van der Waals surface area contributed by atoms with E-state index in [1.165, 1.54) is 18.2 Å². The number of fused-ring (bicyclic) bond motifs is 1. The number of rotatable bonds is 3. The molecule has 0 radical (unpaired) electrons. The van der Waals surface area contributed by atoms with E-state index in [0.29, 0.717) is 6.42 Å². The van der Waals surface area contributed by atoms with Crippen LogP contribution in [0.2, 0.25) is 0 Å². The van der Waals surface area contributed by atoms with E-state index in [0.717, 1.165) is 11.1 Å². The van der Waals surface area contributed by atoms with Gasteiger partial charge in [0.15, 0.2) is 0 Å². The van der Waals surface area contributed by atoms with Crippen molar-refractivity contribution in [1.29, 1.82) is 0 Å². The van der Waals surface area contributed by atoms with Crippen molar-refractivity contribution in [2.75, 3.05) is 7.11 Å². The number of pyridine rings is 1. The van der Waals surface area contributed by atoms with E-state index in [1.54, 1.807) is 12.1 Å². The van der Waals surface area contributed by atoms with Crippen LogP contribution in [0.1, 0.15) is 21.5 Å². The van der Waals surface area contributed by atoms with Gasteiger partial charge in [0.05, 0.1) is 7.11 Å². The quantitative estimate of drug-likeness (QED) is 0.934. The molecule has 0 aliphatic carbocycles. The van der Waals surface area contributed by atoms with Crippen molar-refractivity contribution in [3.8, 4) is 5.88 Å². The Kier molecular flexibility index (Phi) is 3.97. The van der Waals surface area contributed by atoms with E-state index in [9.17, 15) is 14.7 Å². The third kappa shape index (κ3) is 2.75. The van der Waals surface area contributed by atoms with Crippen LogP contribution in [0.5, 0.6) is 5.88 Å². The minimum Gasteiger partial charge on any atom is -0.480 e. The number of carbonyl (C=O) groups is 2. The summed E-state index contributed by atoms with van der Waals surface area (Å²) < 4.78 is 5.12. The van der Waals surface area contributed by atoms with Gasteiger partial charge in [0.25, 0.3) is 5.91 Å². The number of methoxy groups -OCH3 is 1. The molecule has 1 N–H and O–H groups in total. The Hall–Kier alpha value is -2.89. The molecule has 1 aliphatic heterocycles. The molecule has 2 heterocycles. The zero-order chi connectivity index (χ0) is 16.4. The van der Waals surface area contributed by atoms with Crippen LogP contribution < -0.4 is 4.74 Å². The van der Waals surface area contributed by atoms with Crippen molar-refractivity contribution in [2.45, 2.75) is 19.0 Å². The van der Waals surface area contributed by atoms with Crippen molar-refractivity contribution in [2.24, 2.45) is 0 Å². The molecule has 6 heteroatoms. The number of hydrogen-bond acceptors (Lipinski definition) is 4. The van der Waals surface area contributed by atoms with Crippen LogP contribution in [0, 0.1) is 0 Å². The number of aliphatic carboxylic acids is 1. The highest BCUT2D eigenvalue weighted by Gasteiger charge is 2.35. The number of amides is 1. The van der Waals surface area contributed by atoms with Crippen LogP contribution in [0.3, 0.4) is 0 Å². The van der Waals surface area contributed by atoms with Crippen molar-refractivity contribution in [3.05, 3.63) is 59.3 Å². The fourth-order valence-electron chi connectivity index (χ4n) is 2.83. The Morgan fingerprint density at radius 3 is 2.65 bits per heavy atom. The monoisotopic (exact) mass is 312 g/mol. The third-order valence-corrected chi connectivity index (χ3v) is 3.99. The molecule has 1 aromatic carbocycles. The lowest BCUT2D eigenvalue weighted by atomic mass is 9.93. The maximum atomic E-state index is 12.8. The van der Waals surface area contributed by atoms with Crippen LogP contribution >= 0.6 is 0 Å². The van der Waals surface area contributed by atoms with Crippen molar-refractivity contribution in [3.63, 3.8) is 0 Å². The molecule has 3 rings (SSSR count). The summed E-state index contributed by atoms with van der Waals surface area (Å²) in [6.45, 7) is 0.254. The normalized spacial score (nSPS) is 16.6. The van der Waals surface area contributed by atoms with Gasteiger partial charge in [-0.15, -0.1) is 0 Å². The smallest absolute Gasteiger partial charge is 0.326 e. The van der Waals surface area contributed by atoms with Gasteiger partial charge in [-0.25, -0.2) is 9.78 Å². The summed E-state index contributed by atoms with van der Waals surface area (Å²) >= 11 is 0. The lowest BCUT2D eigenvalue weighted by Crippen LogP contribution is -2.48. The minimum absolute atomic E-state index is 0.195. The number of hydrogen-bond donors (Lipinski definition) is 1. The van der Waals surface area contributed by atoms with Gasteiger partial charge in [0.2, 0.25) is 5.88 Å². The number of ether oxygens (including phenoxy) is 1. The van der Waals surface area contributed by atoms with Gasteiger partial charge in [-0.05, 0) is 23.3 Å². The van der Waals surface area contributed by atoms with Gasteiger partial charge < -0.3 is 14.7 Å². The first-order chi connectivity index (χ1) is 11.1. The molecule has 0 fully saturated rings.